The number of carbonyl (C=O) groups is 1. The van der Waals surface area contributed by atoms with Crippen molar-refractivity contribution in [2.45, 2.75) is 32.6 Å². The van der Waals surface area contributed by atoms with Crippen molar-refractivity contribution >= 4 is 27.6 Å². The van der Waals surface area contributed by atoms with Gasteiger partial charge in [0.15, 0.2) is 6.61 Å². The van der Waals surface area contributed by atoms with E-state index in [1.165, 1.54) is 24.3 Å². The normalized spacial score (nSPS) is 11.1. The van der Waals surface area contributed by atoms with E-state index in [2.05, 4.69) is 20.0 Å². The van der Waals surface area contributed by atoms with Crippen LogP contribution in [0.25, 0.3) is 0 Å². The van der Waals surface area contributed by atoms with E-state index in [4.69, 9.17) is 4.74 Å². The zero-order valence-corrected chi connectivity index (χ0v) is 18.6. The molecule has 2 N–H and O–H groups in total. The maximum Gasteiger partial charge on any atom is 0.264 e. The highest BCUT2D eigenvalue weighted by Gasteiger charge is 2.16. The zero-order chi connectivity index (χ0) is 22.6. The fraction of sp³-hybridized carbons (Fsp3) is 0.227. The van der Waals surface area contributed by atoms with Crippen molar-refractivity contribution in [1.29, 1.82) is 0 Å². The first-order chi connectivity index (χ1) is 14.6. The van der Waals surface area contributed by atoms with E-state index in [9.17, 15) is 13.2 Å². The number of hydrogen-bond acceptors (Lipinski definition) is 6. The van der Waals surface area contributed by atoms with Crippen molar-refractivity contribution in [3.05, 3.63) is 71.0 Å². The molecular formula is C22H24N4O4S. The van der Waals surface area contributed by atoms with Gasteiger partial charge >= 0.3 is 0 Å². The van der Waals surface area contributed by atoms with Gasteiger partial charge in [0.25, 0.3) is 15.9 Å². The van der Waals surface area contributed by atoms with E-state index in [0.717, 1.165) is 11.1 Å². The van der Waals surface area contributed by atoms with Crippen molar-refractivity contribution in [1.82, 2.24) is 9.97 Å². The number of aryl methyl sites for hydroxylation is 4. The van der Waals surface area contributed by atoms with Gasteiger partial charge in [0, 0.05) is 17.1 Å². The molecule has 162 valence electrons. The summed E-state index contributed by atoms with van der Waals surface area (Å²) >= 11 is 0. The van der Waals surface area contributed by atoms with E-state index in [0.29, 0.717) is 22.8 Å². The Kier molecular flexibility index (Phi) is 6.55. The summed E-state index contributed by atoms with van der Waals surface area (Å²) in [6.45, 7) is 7.19. The first-order valence-electron chi connectivity index (χ1n) is 9.58. The summed E-state index contributed by atoms with van der Waals surface area (Å²) in [4.78, 5) is 20.4. The summed E-state index contributed by atoms with van der Waals surface area (Å²) in [5.41, 5.74) is 3.67. The smallest absolute Gasteiger partial charge is 0.264 e. The van der Waals surface area contributed by atoms with Crippen LogP contribution in [0, 0.1) is 27.7 Å². The van der Waals surface area contributed by atoms with Crippen molar-refractivity contribution in [3.63, 3.8) is 0 Å². The number of anilines is 2. The molecule has 0 bridgehead atoms. The number of carbonyl (C=O) groups excluding carboxylic acids is 1. The standard InChI is InChI=1S/C22H24N4O4S/c1-14-6-5-7-15(2)21(14)30-13-20(27)25-18-8-10-19(11-9-18)31(28,29)26-22-23-16(3)12-17(4)24-22/h5-12H,13H2,1-4H3,(H,25,27)(H,23,24,26). The first kappa shape index (κ1) is 22.2. The minimum absolute atomic E-state index is 0.0125. The molecule has 0 atom stereocenters. The third kappa shape index (κ3) is 5.79. The Morgan fingerprint density at radius 1 is 0.935 bits per heavy atom. The second-order valence-corrected chi connectivity index (χ2v) is 8.84. The van der Waals surface area contributed by atoms with Gasteiger partial charge in [0.1, 0.15) is 5.75 Å². The Balaban J connectivity index is 1.63. The molecule has 2 aromatic carbocycles. The molecule has 0 aliphatic carbocycles. The number of rotatable bonds is 7. The summed E-state index contributed by atoms with van der Waals surface area (Å²) < 4.78 is 33.2. The summed E-state index contributed by atoms with van der Waals surface area (Å²) in [7, 11) is -3.86. The summed E-state index contributed by atoms with van der Waals surface area (Å²) in [5.74, 6) is 0.345. The van der Waals surface area contributed by atoms with Crippen LogP contribution >= 0.6 is 0 Å². The lowest BCUT2D eigenvalue weighted by molar-refractivity contribution is -0.118. The van der Waals surface area contributed by atoms with Gasteiger partial charge in [-0.15, -0.1) is 0 Å². The predicted octanol–water partition coefficient (Wildman–Crippen LogP) is 3.53. The molecule has 0 fully saturated rings. The minimum Gasteiger partial charge on any atom is -0.483 e. The van der Waals surface area contributed by atoms with Gasteiger partial charge < -0.3 is 10.1 Å². The molecular weight excluding hydrogens is 416 g/mol. The molecule has 0 radical (unpaired) electrons. The van der Waals surface area contributed by atoms with Crippen LogP contribution in [0.1, 0.15) is 22.5 Å². The van der Waals surface area contributed by atoms with Crippen LogP contribution in [0.2, 0.25) is 0 Å². The Hall–Kier alpha value is -3.46. The number of sulfonamides is 1. The average molecular weight is 441 g/mol. The Labute approximate surface area is 181 Å². The Morgan fingerprint density at radius 3 is 2.10 bits per heavy atom. The lowest BCUT2D eigenvalue weighted by atomic mass is 10.1. The van der Waals surface area contributed by atoms with Gasteiger partial charge in [-0.05, 0) is 69.2 Å². The lowest BCUT2D eigenvalue weighted by Gasteiger charge is -2.12. The molecule has 0 spiro atoms. The molecule has 3 aromatic rings. The number of hydrogen-bond donors (Lipinski definition) is 2. The van der Waals surface area contributed by atoms with Crippen LogP contribution in [0.4, 0.5) is 11.6 Å². The molecule has 0 aliphatic heterocycles. The van der Waals surface area contributed by atoms with Gasteiger partial charge in [0.2, 0.25) is 5.95 Å². The lowest BCUT2D eigenvalue weighted by Crippen LogP contribution is -2.21. The number of ether oxygens (including phenoxy) is 1. The SMILES string of the molecule is Cc1cc(C)nc(NS(=O)(=O)c2ccc(NC(=O)COc3c(C)cccc3C)cc2)n1. The van der Waals surface area contributed by atoms with Crippen LogP contribution in [0.15, 0.2) is 53.4 Å². The summed E-state index contributed by atoms with van der Waals surface area (Å²) in [6.07, 6.45) is 0. The van der Waals surface area contributed by atoms with Gasteiger partial charge in [-0.3, -0.25) is 4.79 Å². The highest BCUT2D eigenvalue weighted by atomic mass is 32.2. The van der Waals surface area contributed by atoms with Crippen LogP contribution in [-0.4, -0.2) is 30.9 Å². The molecule has 0 saturated carbocycles. The van der Waals surface area contributed by atoms with Gasteiger partial charge in [-0.2, -0.15) is 0 Å². The van der Waals surface area contributed by atoms with Crippen molar-refractivity contribution in [3.8, 4) is 5.75 Å². The molecule has 31 heavy (non-hydrogen) atoms. The first-order valence-corrected chi connectivity index (χ1v) is 11.1. The largest absolute Gasteiger partial charge is 0.483 e. The second-order valence-electron chi connectivity index (χ2n) is 7.16. The summed E-state index contributed by atoms with van der Waals surface area (Å²) in [5, 5.41) is 2.69. The maximum absolute atomic E-state index is 12.6. The van der Waals surface area contributed by atoms with Crippen molar-refractivity contribution in [2.24, 2.45) is 0 Å². The van der Waals surface area contributed by atoms with Crippen molar-refractivity contribution in [2.75, 3.05) is 16.6 Å². The highest BCUT2D eigenvalue weighted by Crippen LogP contribution is 2.22. The molecule has 1 aromatic heterocycles. The Bertz CT molecular complexity index is 1170. The number of nitrogens with one attached hydrogen (secondary N) is 2. The molecule has 0 saturated heterocycles. The van der Waals surface area contributed by atoms with E-state index < -0.39 is 10.0 Å². The third-order valence-electron chi connectivity index (χ3n) is 4.41. The minimum atomic E-state index is -3.86. The number of aromatic nitrogens is 2. The van der Waals surface area contributed by atoms with Gasteiger partial charge in [0.05, 0.1) is 4.90 Å². The molecule has 9 heteroatoms. The van der Waals surface area contributed by atoms with E-state index in [1.54, 1.807) is 19.9 Å². The number of amides is 1. The van der Waals surface area contributed by atoms with E-state index in [-0.39, 0.29) is 23.4 Å². The topological polar surface area (TPSA) is 110 Å². The molecule has 3 rings (SSSR count). The molecule has 0 unspecified atom stereocenters. The van der Waals surface area contributed by atoms with Crippen LogP contribution in [0.3, 0.4) is 0 Å². The van der Waals surface area contributed by atoms with Crippen LogP contribution in [-0.2, 0) is 14.8 Å². The van der Waals surface area contributed by atoms with Gasteiger partial charge in [-0.25, -0.2) is 23.1 Å². The maximum atomic E-state index is 12.6. The van der Waals surface area contributed by atoms with Crippen molar-refractivity contribution < 1.29 is 17.9 Å². The fourth-order valence-electron chi connectivity index (χ4n) is 3.03. The Morgan fingerprint density at radius 2 is 1.52 bits per heavy atom. The molecule has 1 heterocycles. The molecule has 0 aliphatic rings. The highest BCUT2D eigenvalue weighted by molar-refractivity contribution is 7.92. The monoisotopic (exact) mass is 440 g/mol. The quantitative estimate of drug-likeness (QED) is 0.582. The number of benzene rings is 2. The van der Waals surface area contributed by atoms with Gasteiger partial charge in [-0.1, -0.05) is 18.2 Å². The molecule has 8 nitrogen and oxygen atoms in total. The fourth-order valence-corrected chi connectivity index (χ4v) is 3.97. The third-order valence-corrected chi connectivity index (χ3v) is 5.76. The number of nitrogens with zero attached hydrogens (tertiary/aromatic N) is 2. The predicted molar refractivity (Wildman–Crippen MR) is 119 cm³/mol. The average Bonchev–Trinajstić information content (AvgIpc) is 2.67. The van der Waals surface area contributed by atoms with Crippen LogP contribution in [0.5, 0.6) is 5.75 Å². The van der Waals surface area contributed by atoms with E-state index >= 15 is 0 Å². The van der Waals surface area contributed by atoms with Crippen LogP contribution < -0.4 is 14.8 Å². The second kappa shape index (κ2) is 9.13. The molecule has 1 amide bonds. The van der Waals surface area contributed by atoms with E-state index in [1.807, 2.05) is 32.0 Å². The zero-order valence-electron chi connectivity index (χ0n) is 17.8. The number of para-hydroxylation sites is 1. The summed E-state index contributed by atoms with van der Waals surface area (Å²) in [6, 6.07) is 13.3.